The average Bonchev–Trinajstić information content (AvgIpc) is 3.37. The van der Waals surface area contributed by atoms with Crippen molar-refractivity contribution in [3.05, 3.63) is 41.6 Å². The Morgan fingerprint density at radius 3 is 2.51 bits per heavy atom. The Kier molecular flexibility index (Phi) is 7.27. The highest BCUT2D eigenvalue weighted by atomic mass is 28.3. The molecule has 2 N–H and O–H groups in total. The van der Waals surface area contributed by atoms with E-state index in [4.69, 9.17) is 19.3 Å². The van der Waals surface area contributed by atoms with Gasteiger partial charge in [0.25, 0.3) is 0 Å². The molecule has 1 saturated heterocycles. The first-order valence-electron chi connectivity index (χ1n) is 12.0. The van der Waals surface area contributed by atoms with Gasteiger partial charge in [-0.2, -0.15) is 0 Å². The maximum Gasteiger partial charge on any atom is 0.410 e. The highest BCUT2D eigenvalue weighted by Gasteiger charge is 2.33. The van der Waals surface area contributed by atoms with Crippen LogP contribution < -0.4 is 5.32 Å². The van der Waals surface area contributed by atoms with Crippen LogP contribution in [0, 0.1) is 0 Å². The maximum atomic E-state index is 11.2. The van der Waals surface area contributed by atoms with Crippen molar-refractivity contribution in [3.8, 4) is 11.3 Å². The molecule has 3 aromatic rings. The van der Waals surface area contributed by atoms with Crippen LogP contribution in [-0.2, 0) is 33.1 Å². The lowest BCUT2D eigenvalue weighted by Crippen LogP contribution is -2.22. The summed E-state index contributed by atoms with van der Waals surface area (Å²) < 4.78 is 19.8. The van der Waals surface area contributed by atoms with Crippen LogP contribution in [0.4, 0.5) is 10.6 Å². The van der Waals surface area contributed by atoms with Gasteiger partial charge in [-0.05, 0) is 25.0 Å². The summed E-state index contributed by atoms with van der Waals surface area (Å²) in [7, 11) is -1.23. The largest absolute Gasteiger partial charge is 0.465 e. The molecule has 0 radical (unpaired) electrons. The molecule has 9 nitrogen and oxygen atoms in total. The molecule has 4 rings (SSSR count). The molecule has 0 atom stereocenters. The molecule has 0 unspecified atom stereocenters. The number of hydrogen-bond donors (Lipinski definition) is 2. The molecular formula is C25H34N4O5Si. The van der Waals surface area contributed by atoms with E-state index in [1.807, 2.05) is 35.8 Å². The number of fused-ring (bicyclic) bond motifs is 1. The molecule has 2 aromatic heterocycles. The van der Waals surface area contributed by atoms with E-state index in [1.54, 1.807) is 0 Å². The summed E-state index contributed by atoms with van der Waals surface area (Å²) in [6.45, 7) is 13.1. The molecule has 35 heavy (non-hydrogen) atoms. The second kappa shape index (κ2) is 10.1. The quantitative estimate of drug-likeness (QED) is 0.305. The van der Waals surface area contributed by atoms with Gasteiger partial charge < -0.3 is 19.3 Å². The van der Waals surface area contributed by atoms with Crippen LogP contribution in [0.3, 0.4) is 0 Å². The van der Waals surface area contributed by atoms with Gasteiger partial charge in [-0.1, -0.05) is 50.8 Å². The van der Waals surface area contributed by atoms with Crippen LogP contribution >= 0.6 is 0 Å². The highest BCUT2D eigenvalue weighted by molar-refractivity contribution is 6.76. The van der Waals surface area contributed by atoms with E-state index in [-0.39, 0.29) is 5.82 Å². The number of carbonyl (C=O) groups is 1. The molecule has 1 fully saturated rings. The Morgan fingerprint density at radius 1 is 1.23 bits per heavy atom. The normalized spacial score (nSPS) is 15.6. The van der Waals surface area contributed by atoms with E-state index in [9.17, 15) is 4.79 Å². The Hall–Kier alpha value is -2.79. The summed E-state index contributed by atoms with van der Waals surface area (Å²) >= 11 is 0. The Labute approximate surface area is 206 Å². The van der Waals surface area contributed by atoms with Crippen LogP contribution in [0.25, 0.3) is 22.4 Å². The van der Waals surface area contributed by atoms with Crippen LogP contribution in [0.2, 0.25) is 25.7 Å². The number of anilines is 1. The van der Waals surface area contributed by atoms with Crippen LogP contribution in [0.15, 0.2) is 30.5 Å². The zero-order chi connectivity index (χ0) is 25.2. The Morgan fingerprint density at radius 2 is 1.91 bits per heavy atom. The fraction of sp³-hybridized carbons (Fsp3) is 0.480. The lowest BCUT2D eigenvalue weighted by atomic mass is 10.0. The lowest BCUT2D eigenvalue weighted by molar-refractivity contribution is -0.149. The summed E-state index contributed by atoms with van der Waals surface area (Å²) in [6, 6.07) is 9.20. The third kappa shape index (κ3) is 5.56. The molecule has 0 bridgehead atoms. The van der Waals surface area contributed by atoms with E-state index in [0.29, 0.717) is 44.1 Å². The minimum Gasteiger partial charge on any atom is -0.465 e. The Balaban J connectivity index is 1.76. The molecule has 1 aliphatic heterocycles. The molecule has 1 aromatic carbocycles. The monoisotopic (exact) mass is 498 g/mol. The maximum absolute atomic E-state index is 11.2. The van der Waals surface area contributed by atoms with Gasteiger partial charge in [-0.15, -0.1) is 0 Å². The third-order valence-electron chi connectivity index (χ3n) is 6.18. The first kappa shape index (κ1) is 25.3. The van der Waals surface area contributed by atoms with Gasteiger partial charge in [0.15, 0.2) is 17.3 Å². The first-order chi connectivity index (χ1) is 16.6. The van der Waals surface area contributed by atoms with E-state index in [2.05, 4.69) is 41.8 Å². The summed E-state index contributed by atoms with van der Waals surface area (Å²) in [4.78, 5) is 20.3. The summed E-state index contributed by atoms with van der Waals surface area (Å²) in [5.41, 5.74) is 5.24. The smallest absolute Gasteiger partial charge is 0.410 e. The topological polar surface area (TPSA) is 108 Å². The van der Waals surface area contributed by atoms with Gasteiger partial charge in [0.1, 0.15) is 12.2 Å². The van der Waals surface area contributed by atoms with Crippen molar-refractivity contribution in [2.75, 3.05) is 25.1 Å². The number of rotatable bonds is 9. The molecule has 1 amide bonds. The third-order valence-corrected chi connectivity index (χ3v) is 7.88. The van der Waals surface area contributed by atoms with Gasteiger partial charge in [0.2, 0.25) is 0 Å². The van der Waals surface area contributed by atoms with Gasteiger partial charge in [0.05, 0.1) is 25.1 Å². The number of nitrogens with one attached hydrogen (secondary N) is 1. The van der Waals surface area contributed by atoms with E-state index in [0.717, 1.165) is 28.4 Å². The average molecular weight is 499 g/mol. The lowest BCUT2D eigenvalue weighted by Gasteiger charge is -2.23. The molecule has 0 spiro atoms. The van der Waals surface area contributed by atoms with E-state index >= 15 is 0 Å². The summed E-state index contributed by atoms with van der Waals surface area (Å²) in [6.07, 6.45) is 0.966. The zero-order valence-electron chi connectivity index (χ0n) is 21.1. The fourth-order valence-corrected chi connectivity index (χ4v) is 5.03. The van der Waals surface area contributed by atoms with Crippen molar-refractivity contribution < 1.29 is 24.1 Å². The number of benzene rings is 1. The number of carboxylic acid groups (broad SMARTS) is 1. The second-order valence-corrected chi connectivity index (χ2v) is 15.7. The van der Waals surface area contributed by atoms with E-state index in [1.165, 1.54) is 6.20 Å². The van der Waals surface area contributed by atoms with Crippen molar-refractivity contribution >= 4 is 31.1 Å². The van der Waals surface area contributed by atoms with Crippen LogP contribution in [-0.4, -0.2) is 53.6 Å². The molecule has 1 aliphatic rings. The van der Waals surface area contributed by atoms with Gasteiger partial charge in [-0.25, -0.2) is 14.8 Å². The number of amides is 1. The van der Waals surface area contributed by atoms with E-state index < -0.39 is 20.0 Å². The number of ether oxygens (including phenoxy) is 3. The summed E-state index contributed by atoms with van der Waals surface area (Å²) in [5, 5.41) is 11.4. The minimum absolute atomic E-state index is 0.196. The van der Waals surface area contributed by atoms with Crippen LogP contribution in [0.5, 0.6) is 0 Å². The standard InChI is InChI=1S/C25H34N4O5Si/c1-6-19-21-23(26-15-20(27-21)28-24(30)31)29(16-32-13-14-35(3,4)5)22(19)17-7-9-18(10-8-17)25(2)33-11-12-34-25/h7-10,15H,6,11-14,16H2,1-5H3,(H,27,28)(H,30,31). The van der Waals surface area contributed by atoms with Crippen LogP contribution in [0.1, 0.15) is 25.0 Å². The van der Waals surface area contributed by atoms with Crippen molar-refractivity contribution in [3.63, 3.8) is 0 Å². The second-order valence-electron chi connectivity index (χ2n) is 10.0. The predicted octanol–water partition coefficient (Wildman–Crippen LogP) is 5.28. The molecular weight excluding hydrogens is 464 g/mol. The molecule has 0 saturated carbocycles. The number of nitrogens with zero attached hydrogens (tertiary/aromatic N) is 3. The SMILES string of the molecule is CCc1c(-c2ccc(C3(C)OCCO3)cc2)n(COCC[Si](C)(C)C)c2ncc(NC(=O)O)nc12. The molecule has 10 heteroatoms. The zero-order valence-corrected chi connectivity index (χ0v) is 22.1. The molecule has 3 heterocycles. The van der Waals surface area contributed by atoms with Crippen molar-refractivity contribution in [2.45, 2.75) is 58.5 Å². The minimum atomic E-state index is -1.23. The predicted molar refractivity (Wildman–Crippen MR) is 137 cm³/mol. The first-order valence-corrected chi connectivity index (χ1v) is 15.7. The Bertz CT molecular complexity index is 1200. The van der Waals surface area contributed by atoms with Gasteiger partial charge in [0, 0.05) is 25.8 Å². The number of aromatic nitrogens is 3. The highest BCUT2D eigenvalue weighted by Crippen LogP contribution is 2.36. The fourth-order valence-electron chi connectivity index (χ4n) is 4.27. The van der Waals surface area contributed by atoms with Gasteiger partial charge >= 0.3 is 6.09 Å². The number of hydrogen-bond acceptors (Lipinski definition) is 6. The van der Waals surface area contributed by atoms with Crippen molar-refractivity contribution in [1.29, 1.82) is 0 Å². The summed E-state index contributed by atoms with van der Waals surface area (Å²) in [5.74, 6) is -0.541. The van der Waals surface area contributed by atoms with Gasteiger partial charge in [-0.3, -0.25) is 9.88 Å². The molecule has 0 aliphatic carbocycles. The molecule has 188 valence electrons. The van der Waals surface area contributed by atoms with Crippen molar-refractivity contribution in [2.24, 2.45) is 0 Å². The van der Waals surface area contributed by atoms with Crippen molar-refractivity contribution in [1.82, 2.24) is 14.5 Å². The number of aryl methyl sites for hydroxylation is 1.